The van der Waals surface area contributed by atoms with E-state index in [0.717, 1.165) is 22.0 Å². The highest BCUT2D eigenvalue weighted by atomic mass is 32.2. The first kappa shape index (κ1) is 23.6. The summed E-state index contributed by atoms with van der Waals surface area (Å²) in [6.07, 6.45) is -0.528. The fraction of sp³-hybridized carbons (Fsp3) is 0.333. The van der Waals surface area contributed by atoms with E-state index in [2.05, 4.69) is 10.6 Å². The Hall–Kier alpha value is -3.02. The van der Waals surface area contributed by atoms with Crippen LogP contribution in [0, 0.1) is 5.82 Å². The van der Waals surface area contributed by atoms with Gasteiger partial charge in [0.05, 0.1) is 25.2 Å². The molecule has 1 atom stereocenters. The van der Waals surface area contributed by atoms with Gasteiger partial charge in [-0.1, -0.05) is 12.1 Å². The summed E-state index contributed by atoms with van der Waals surface area (Å²) in [7, 11) is -2.45. The Labute approximate surface area is 185 Å². The minimum atomic E-state index is -3.97. The van der Waals surface area contributed by atoms with Crippen molar-refractivity contribution in [3.8, 4) is 5.75 Å². The van der Waals surface area contributed by atoms with Crippen molar-refractivity contribution in [2.45, 2.75) is 24.1 Å². The van der Waals surface area contributed by atoms with Crippen molar-refractivity contribution in [2.75, 3.05) is 26.8 Å². The molecule has 1 aliphatic rings. The van der Waals surface area contributed by atoms with E-state index in [1.807, 2.05) is 0 Å². The molecule has 1 heterocycles. The normalized spacial score (nSPS) is 16.9. The van der Waals surface area contributed by atoms with E-state index in [1.165, 1.54) is 19.2 Å². The average Bonchev–Trinajstić information content (AvgIpc) is 2.81. The van der Waals surface area contributed by atoms with Gasteiger partial charge in [-0.2, -0.15) is 4.31 Å². The van der Waals surface area contributed by atoms with Gasteiger partial charge in [0.15, 0.2) is 0 Å². The second-order valence-electron chi connectivity index (χ2n) is 6.99. The SMILES string of the molecule is COc1cccc(CNC(=O)C(=O)NC[C@H]2OCCCN2S(=O)(=O)c2ccc(F)cc2)c1. The molecule has 1 saturated heterocycles. The summed E-state index contributed by atoms with van der Waals surface area (Å²) in [5, 5.41) is 4.90. The number of carbonyl (C=O) groups is 2. The number of carbonyl (C=O) groups excluding carboxylic acids is 2. The van der Waals surface area contributed by atoms with Crippen LogP contribution in [0.3, 0.4) is 0 Å². The zero-order valence-corrected chi connectivity index (χ0v) is 18.2. The number of nitrogens with one attached hydrogen (secondary N) is 2. The van der Waals surface area contributed by atoms with Crippen LogP contribution in [0.25, 0.3) is 0 Å². The molecule has 0 unspecified atom stereocenters. The van der Waals surface area contributed by atoms with Gasteiger partial charge in [-0.3, -0.25) is 9.59 Å². The fourth-order valence-corrected chi connectivity index (χ4v) is 4.72. The number of methoxy groups -OCH3 is 1. The molecule has 2 amide bonds. The second-order valence-corrected chi connectivity index (χ2v) is 8.88. The molecule has 3 rings (SSSR count). The van der Waals surface area contributed by atoms with Crippen LogP contribution in [0.1, 0.15) is 12.0 Å². The quantitative estimate of drug-likeness (QED) is 0.590. The molecule has 172 valence electrons. The molecule has 2 N–H and O–H groups in total. The highest BCUT2D eigenvalue weighted by Gasteiger charge is 2.35. The van der Waals surface area contributed by atoms with Crippen molar-refractivity contribution in [3.63, 3.8) is 0 Å². The lowest BCUT2D eigenvalue weighted by molar-refractivity contribution is -0.140. The van der Waals surface area contributed by atoms with Crippen molar-refractivity contribution >= 4 is 21.8 Å². The van der Waals surface area contributed by atoms with E-state index in [9.17, 15) is 22.4 Å². The largest absolute Gasteiger partial charge is 0.497 e. The van der Waals surface area contributed by atoms with E-state index < -0.39 is 33.9 Å². The van der Waals surface area contributed by atoms with E-state index in [-0.39, 0.29) is 24.5 Å². The summed E-state index contributed by atoms with van der Waals surface area (Å²) in [6, 6.07) is 11.5. The molecule has 0 saturated carbocycles. The fourth-order valence-electron chi connectivity index (χ4n) is 3.15. The minimum absolute atomic E-state index is 0.0863. The van der Waals surface area contributed by atoms with Crippen LogP contribution in [0.15, 0.2) is 53.4 Å². The zero-order valence-electron chi connectivity index (χ0n) is 17.4. The first-order valence-electron chi connectivity index (χ1n) is 9.89. The summed E-state index contributed by atoms with van der Waals surface area (Å²) < 4.78 is 50.7. The smallest absolute Gasteiger partial charge is 0.309 e. The molecule has 32 heavy (non-hydrogen) atoms. The molecule has 1 aliphatic heterocycles. The van der Waals surface area contributed by atoms with Crippen molar-refractivity contribution < 1.29 is 31.9 Å². The molecular weight excluding hydrogens is 441 g/mol. The molecule has 11 heteroatoms. The van der Waals surface area contributed by atoms with Gasteiger partial charge in [0, 0.05) is 13.1 Å². The molecular formula is C21H24FN3O6S. The molecule has 0 spiro atoms. The molecule has 0 aromatic heterocycles. The molecule has 1 fully saturated rings. The van der Waals surface area contributed by atoms with Gasteiger partial charge < -0.3 is 20.1 Å². The Bertz CT molecular complexity index is 1060. The molecule has 2 aromatic rings. The number of ether oxygens (including phenoxy) is 2. The summed E-state index contributed by atoms with van der Waals surface area (Å²) in [5.74, 6) is -1.71. The lowest BCUT2D eigenvalue weighted by Crippen LogP contribution is -2.53. The highest BCUT2D eigenvalue weighted by Crippen LogP contribution is 2.22. The van der Waals surface area contributed by atoms with Gasteiger partial charge >= 0.3 is 11.8 Å². The number of hydrogen-bond donors (Lipinski definition) is 2. The van der Waals surface area contributed by atoms with Crippen molar-refractivity contribution in [1.29, 1.82) is 0 Å². The van der Waals surface area contributed by atoms with Gasteiger partial charge in [0.25, 0.3) is 0 Å². The number of rotatable bonds is 7. The number of hydrogen-bond acceptors (Lipinski definition) is 6. The third-order valence-corrected chi connectivity index (χ3v) is 6.71. The van der Waals surface area contributed by atoms with E-state index in [0.29, 0.717) is 18.8 Å². The third kappa shape index (κ3) is 5.81. The Balaban J connectivity index is 1.58. The van der Waals surface area contributed by atoms with Crippen LogP contribution < -0.4 is 15.4 Å². The van der Waals surface area contributed by atoms with Crippen molar-refractivity contribution in [3.05, 3.63) is 59.9 Å². The zero-order chi connectivity index (χ0) is 23.1. The first-order chi connectivity index (χ1) is 15.3. The van der Waals surface area contributed by atoms with Crippen molar-refractivity contribution in [1.82, 2.24) is 14.9 Å². The standard InChI is InChI=1S/C21H24FN3O6S/c1-30-17-5-2-4-15(12-17)13-23-20(26)21(27)24-14-19-25(10-3-11-31-19)32(28,29)18-8-6-16(22)7-9-18/h2,4-9,12,19H,3,10-11,13-14H2,1H3,(H,23,26)(H,24,27)/t19-/m1/s1. The lowest BCUT2D eigenvalue weighted by Gasteiger charge is -2.34. The van der Waals surface area contributed by atoms with Gasteiger partial charge in [-0.25, -0.2) is 12.8 Å². The second kappa shape index (κ2) is 10.5. The molecule has 0 bridgehead atoms. The lowest BCUT2D eigenvalue weighted by atomic mass is 10.2. The van der Waals surface area contributed by atoms with Crippen LogP contribution >= 0.6 is 0 Å². The Morgan fingerprint density at radius 1 is 1.16 bits per heavy atom. The number of halogens is 1. The predicted octanol–water partition coefficient (Wildman–Crippen LogP) is 1.00. The van der Waals surface area contributed by atoms with E-state index in [1.54, 1.807) is 24.3 Å². The third-order valence-electron chi connectivity index (χ3n) is 4.81. The van der Waals surface area contributed by atoms with Crippen LogP contribution in [-0.4, -0.2) is 57.6 Å². The number of amides is 2. The van der Waals surface area contributed by atoms with Crippen LogP contribution in [0.4, 0.5) is 4.39 Å². The molecule has 0 aliphatic carbocycles. The summed E-state index contributed by atoms with van der Waals surface area (Å²) >= 11 is 0. The topological polar surface area (TPSA) is 114 Å². The molecule has 9 nitrogen and oxygen atoms in total. The average molecular weight is 466 g/mol. The maximum Gasteiger partial charge on any atom is 0.309 e. The monoisotopic (exact) mass is 465 g/mol. The van der Waals surface area contributed by atoms with Gasteiger partial charge in [0.1, 0.15) is 17.8 Å². The minimum Gasteiger partial charge on any atom is -0.497 e. The molecule has 2 aromatic carbocycles. The number of sulfonamides is 1. The number of nitrogens with zero attached hydrogens (tertiary/aromatic N) is 1. The first-order valence-corrected chi connectivity index (χ1v) is 11.3. The summed E-state index contributed by atoms with van der Waals surface area (Å²) in [5.41, 5.74) is 0.748. The molecule has 0 radical (unpaired) electrons. The Morgan fingerprint density at radius 3 is 2.59 bits per heavy atom. The van der Waals surface area contributed by atoms with Gasteiger partial charge in [-0.05, 0) is 48.4 Å². The Morgan fingerprint density at radius 2 is 1.88 bits per heavy atom. The number of benzene rings is 2. The van der Waals surface area contributed by atoms with Crippen LogP contribution in [-0.2, 0) is 30.9 Å². The Kier molecular flexibility index (Phi) is 7.78. The van der Waals surface area contributed by atoms with E-state index in [4.69, 9.17) is 9.47 Å². The van der Waals surface area contributed by atoms with Gasteiger partial charge in [-0.15, -0.1) is 0 Å². The maximum atomic E-state index is 13.2. The van der Waals surface area contributed by atoms with Crippen LogP contribution in [0.5, 0.6) is 5.75 Å². The van der Waals surface area contributed by atoms with Gasteiger partial charge in [0.2, 0.25) is 10.0 Å². The summed E-state index contributed by atoms with van der Waals surface area (Å²) in [4.78, 5) is 24.2. The van der Waals surface area contributed by atoms with Crippen molar-refractivity contribution in [2.24, 2.45) is 0 Å². The maximum absolute atomic E-state index is 13.2. The summed E-state index contributed by atoms with van der Waals surface area (Å²) in [6.45, 7) is 0.376. The van der Waals surface area contributed by atoms with E-state index >= 15 is 0 Å². The predicted molar refractivity (Wildman–Crippen MR) is 112 cm³/mol. The van der Waals surface area contributed by atoms with Crippen LogP contribution in [0.2, 0.25) is 0 Å². The highest BCUT2D eigenvalue weighted by molar-refractivity contribution is 7.89.